The molecule has 2 aliphatic heterocycles. The van der Waals surface area contributed by atoms with Gasteiger partial charge in [0.1, 0.15) is 5.82 Å². The van der Waals surface area contributed by atoms with Crippen molar-refractivity contribution >= 4 is 17.4 Å². The summed E-state index contributed by atoms with van der Waals surface area (Å²) in [5.41, 5.74) is 2.92. The van der Waals surface area contributed by atoms with Gasteiger partial charge in [-0.15, -0.1) is 0 Å². The average Bonchev–Trinajstić information content (AvgIpc) is 3.16. The third kappa shape index (κ3) is 4.04. The van der Waals surface area contributed by atoms with E-state index in [1.807, 2.05) is 35.2 Å². The van der Waals surface area contributed by atoms with Crippen molar-refractivity contribution in [2.45, 2.75) is 39.2 Å². The van der Waals surface area contributed by atoms with Crippen molar-refractivity contribution in [3.63, 3.8) is 0 Å². The monoisotopic (exact) mass is 379 g/mol. The minimum atomic E-state index is 0.0322. The molecule has 5 nitrogen and oxygen atoms in total. The lowest BCUT2D eigenvalue weighted by atomic mass is 10.1. The van der Waals surface area contributed by atoms with Crippen LogP contribution in [0.4, 0.5) is 11.5 Å². The predicted molar refractivity (Wildman–Crippen MR) is 112 cm³/mol. The third-order valence-electron chi connectivity index (χ3n) is 5.56. The SMILES string of the molecule is CC(C)COC1CCN(c2ccc(C(=O)N3CCc4ccccc43)cn2)CC1. The Hall–Kier alpha value is -2.40. The highest BCUT2D eigenvalue weighted by Gasteiger charge is 2.26. The fourth-order valence-electron chi connectivity index (χ4n) is 3.98. The van der Waals surface area contributed by atoms with Gasteiger partial charge in [-0.05, 0) is 48.9 Å². The quantitative estimate of drug-likeness (QED) is 0.790. The number of aromatic nitrogens is 1. The standard InChI is InChI=1S/C23H29N3O2/c1-17(2)16-28-20-10-12-25(13-11-20)22-8-7-19(15-24-22)23(27)26-14-9-18-5-3-4-6-21(18)26/h3-8,15,17,20H,9-14,16H2,1-2H3. The van der Waals surface area contributed by atoms with Crippen molar-refractivity contribution in [2.24, 2.45) is 5.92 Å². The van der Waals surface area contributed by atoms with Crippen LogP contribution in [0, 0.1) is 5.92 Å². The molecule has 4 rings (SSSR count). The molecule has 2 aromatic rings. The summed E-state index contributed by atoms with van der Waals surface area (Å²) in [7, 11) is 0. The van der Waals surface area contributed by atoms with Gasteiger partial charge < -0.3 is 14.5 Å². The molecule has 1 aromatic heterocycles. The molecule has 0 atom stereocenters. The van der Waals surface area contributed by atoms with Crippen LogP contribution in [-0.2, 0) is 11.2 Å². The van der Waals surface area contributed by atoms with Crippen LogP contribution >= 0.6 is 0 Å². The van der Waals surface area contributed by atoms with Crippen LogP contribution in [0.3, 0.4) is 0 Å². The van der Waals surface area contributed by atoms with E-state index in [1.54, 1.807) is 6.20 Å². The lowest BCUT2D eigenvalue weighted by molar-refractivity contribution is 0.0214. The number of pyridine rings is 1. The van der Waals surface area contributed by atoms with Crippen molar-refractivity contribution in [1.29, 1.82) is 0 Å². The highest BCUT2D eigenvalue weighted by molar-refractivity contribution is 6.07. The molecule has 1 amide bonds. The Labute approximate surface area is 167 Å². The summed E-state index contributed by atoms with van der Waals surface area (Å²) in [6.07, 6.45) is 5.05. The molecule has 28 heavy (non-hydrogen) atoms. The van der Waals surface area contributed by atoms with Gasteiger partial charge in [-0.2, -0.15) is 0 Å². The number of hydrogen-bond donors (Lipinski definition) is 0. The minimum Gasteiger partial charge on any atom is -0.378 e. The first-order valence-electron chi connectivity index (χ1n) is 10.3. The fourth-order valence-corrected chi connectivity index (χ4v) is 3.98. The second-order valence-corrected chi connectivity index (χ2v) is 8.15. The predicted octanol–water partition coefficient (Wildman–Crippen LogP) is 3.93. The Balaban J connectivity index is 1.37. The molecule has 0 bridgehead atoms. The Morgan fingerprint density at radius 3 is 2.64 bits per heavy atom. The van der Waals surface area contributed by atoms with Crippen LogP contribution in [0.5, 0.6) is 0 Å². The summed E-state index contributed by atoms with van der Waals surface area (Å²) in [5, 5.41) is 0. The molecule has 2 aliphatic rings. The molecule has 0 N–H and O–H groups in total. The van der Waals surface area contributed by atoms with Crippen molar-refractivity contribution < 1.29 is 9.53 Å². The molecule has 1 fully saturated rings. The first-order valence-corrected chi connectivity index (χ1v) is 10.3. The van der Waals surface area contributed by atoms with Gasteiger partial charge in [-0.25, -0.2) is 4.98 Å². The zero-order valence-electron chi connectivity index (χ0n) is 16.8. The maximum absolute atomic E-state index is 12.9. The normalized spacial score (nSPS) is 17.2. The lowest BCUT2D eigenvalue weighted by Gasteiger charge is -2.33. The van der Waals surface area contributed by atoms with Crippen LogP contribution in [0.1, 0.15) is 42.6 Å². The van der Waals surface area contributed by atoms with Crippen LogP contribution < -0.4 is 9.80 Å². The van der Waals surface area contributed by atoms with E-state index < -0.39 is 0 Å². The number of para-hydroxylation sites is 1. The number of carbonyl (C=O) groups excluding carboxylic acids is 1. The number of carbonyl (C=O) groups is 1. The molecule has 148 valence electrons. The van der Waals surface area contributed by atoms with E-state index in [9.17, 15) is 4.79 Å². The number of benzene rings is 1. The smallest absolute Gasteiger partial charge is 0.259 e. The number of piperidine rings is 1. The van der Waals surface area contributed by atoms with Gasteiger partial charge in [-0.3, -0.25) is 4.79 Å². The third-order valence-corrected chi connectivity index (χ3v) is 5.56. The average molecular weight is 380 g/mol. The summed E-state index contributed by atoms with van der Waals surface area (Å²) < 4.78 is 5.97. The molecule has 1 saturated heterocycles. The van der Waals surface area contributed by atoms with E-state index in [0.717, 1.165) is 57.0 Å². The molecule has 0 radical (unpaired) electrons. The highest BCUT2D eigenvalue weighted by Crippen LogP contribution is 2.29. The first kappa shape index (κ1) is 18.9. The van der Waals surface area contributed by atoms with Crippen LogP contribution in [-0.4, -0.2) is 43.2 Å². The van der Waals surface area contributed by atoms with E-state index >= 15 is 0 Å². The summed E-state index contributed by atoms with van der Waals surface area (Å²) in [4.78, 5) is 21.7. The van der Waals surface area contributed by atoms with E-state index in [4.69, 9.17) is 4.74 Å². The van der Waals surface area contributed by atoms with Gasteiger partial charge in [0.25, 0.3) is 5.91 Å². The van der Waals surface area contributed by atoms with Crippen LogP contribution in [0.2, 0.25) is 0 Å². The van der Waals surface area contributed by atoms with Gasteiger partial charge in [0.2, 0.25) is 0 Å². The van der Waals surface area contributed by atoms with Gasteiger partial charge in [0, 0.05) is 38.1 Å². The first-order chi connectivity index (χ1) is 13.6. The number of fused-ring (bicyclic) bond motifs is 1. The van der Waals surface area contributed by atoms with Crippen molar-refractivity contribution in [3.8, 4) is 0 Å². The number of ether oxygens (including phenoxy) is 1. The van der Waals surface area contributed by atoms with E-state index in [2.05, 4.69) is 29.8 Å². The minimum absolute atomic E-state index is 0.0322. The number of hydrogen-bond acceptors (Lipinski definition) is 4. The maximum atomic E-state index is 12.9. The molecular weight excluding hydrogens is 350 g/mol. The number of rotatable bonds is 5. The fraction of sp³-hybridized carbons (Fsp3) is 0.478. The van der Waals surface area contributed by atoms with E-state index in [0.29, 0.717) is 17.6 Å². The Morgan fingerprint density at radius 2 is 1.93 bits per heavy atom. The van der Waals surface area contributed by atoms with Gasteiger partial charge in [0.05, 0.1) is 11.7 Å². The second-order valence-electron chi connectivity index (χ2n) is 8.15. The molecule has 5 heteroatoms. The molecule has 0 saturated carbocycles. The second kappa shape index (κ2) is 8.31. The van der Waals surface area contributed by atoms with E-state index in [1.165, 1.54) is 5.56 Å². The Bertz CT molecular complexity index is 811. The number of amides is 1. The maximum Gasteiger partial charge on any atom is 0.259 e. The highest BCUT2D eigenvalue weighted by atomic mass is 16.5. The van der Waals surface area contributed by atoms with Crippen molar-refractivity contribution in [3.05, 3.63) is 53.7 Å². The summed E-state index contributed by atoms with van der Waals surface area (Å²) >= 11 is 0. The summed E-state index contributed by atoms with van der Waals surface area (Å²) in [6.45, 7) is 7.83. The molecule has 0 spiro atoms. The van der Waals surface area contributed by atoms with Crippen LogP contribution in [0.15, 0.2) is 42.6 Å². The summed E-state index contributed by atoms with van der Waals surface area (Å²) in [5.74, 6) is 1.55. The Morgan fingerprint density at radius 1 is 1.14 bits per heavy atom. The number of anilines is 2. The van der Waals surface area contributed by atoms with Gasteiger partial charge >= 0.3 is 0 Å². The van der Waals surface area contributed by atoms with Crippen LogP contribution in [0.25, 0.3) is 0 Å². The summed E-state index contributed by atoms with van der Waals surface area (Å²) in [6, 6.07) is 12.0. The van der Waals surface area contributed by atoms with E-state index in [-0.39, 0.29) is 5.91 Å². The molecule has 0 unspecified atom stereocenters. The molecule has 3 heterocycles. The van der Waals surface area contributed by atoms with Gasteiger partial charge in [0.15, 0.2) is 0 Å². The topological polar surface area (TPSA) is 45.7 Å². The van der Waals surface area contributed by atoms with Gasteiger partial charge in [-0.1, -0.05) is 32.0 Å². The molecular formula is C23H29N3O2. The lowest BCUT2D eigenvalue weighted by Crippen LogP contribution is -2.38. The number of nitrogens with zero attached hydrogens (tertiary/aromatic N) is 3. The van der Waals surface area contributed by atoms with Crippen molar-refractivity contribution in [1.82, 2.24) is 4.98 Å². The Kier molecular flexibility index (Phi) is 5.62. The molecule has 0 aliphatic carbocycles. The molecule has 1 aromatic carbocycles. The van der Waals surface area contributed by atoms with Crippen molar-refractivity contribution in [2.75, 3.05) is 36.0 Å². The zero-order valence-corrected chi connectivity index (χ0v) is 16.8. The zero-order chi connectivity index (χ0) is 19.5. The largest absolute Gasteiger partial charge is 0.378 e.